The lowest BCUT2D eigenvalue weighted by Gasteiger charge is -2.40. The van der Waals surface area contributed by atoms with Crippen molar-refractivity contribution in [1.29, 1.82) is 0 Å². The molecule has 2 aromatic carbocycles. The summed E-state index contributed by atoms with van der Waals surface area (Å²) in [5.41, 5.74) is 2.43. The van der Waals surface area contributed by atoms with Crippen molar-refractivity contribution in [2.45, 2.75) is 51.9 Å². The van der Waals surface area contributed by atoms with Gasteiger partial charge < -0.3 is 10.2 Å². The van der Waals surface area contributed by atoms with Crippen LogP contribution in [0.25, 0.3) is 0 Å². The van der Waals surface area contributed by atoms with Crippen LogP contribution in [0.5, 0.6) is 0 Å². The molecule has 0 aromatic heterocycles. The van der Waals surface area contributed by atoms with Crippen molar-refractivity contribution in [3.63, 3.8) is 0 Å². The Morgan fingerprint density at radius 3 is 1.96 bits per heavy atom. The minimum Gasteiger partial charge on any atom is -0.394 e. The number of aliphatic hydroxyl groups is 2. The first kappa shape index (κ1) is 19.6. The fourth-order valence-corrected chi connectivity index (χ4v) is 3.38. The van der Waals surface area contributed by atoms with Crippen molar-refractivity contribution in [3.05, 3.63) is 71.8 Å². The van der Waals surface area contributed by atoms with E-state index in [-0.39, 0.29) is 18.7 Å². The molecule has 0 amide bonds. The SMILES string of the molecule is CC(C)C[C@H]([C@@H](O)CO)N(Cc1ccccc1)[C@H](C)c1ccccc1. The Morgan fingerprint density at radius 2 is 1.44 bits per heavy atom. The maximum atomic E-state index is 10.5. The zero-order valence-corrected chi connectivity index (χ0v) is 15.5. The van der Waals surface area contributed by atoms with E-state index < -0.39 is 6.10 Å². The lowest BCUT2D eigenvalue weighted by Crippen LogP contribution is -2.46. The zero-order valence-electron chi connectivity index (χ0n) is 15.5. The smallest absolute Gasteiger partial charge is 0.0926 e. The normalized spacial score (nSPS) is 15.3. The molecular formula is C22H31NO2. The molecule has 3 nitrogen and oxygen atoms in total. The summed E-state index contributed by atoms with van der Waals surface area (Å²) < 4.78 is 0. The third kappa shape index (κ3) is 5.67. The summed E-state index contributed by atoms with van der Waals surface area (Å²) in [6.45, 7) is 7.02. The summed E-state index contributed by atoms with van der Waals surface area (Å²) in [7, 11) is 0. The third-order valence-corrected chi connectivity index (χ3v) is 4.76. The quantitative estimate of drug-likeness (QED) is 0.724. The monoisotopic (exact) mass is 341 g/mol. The van der Waals surface area contributed by atoms with E-state index in [1.165, 1.54) is 11.1 Å². The first-order valence-electron chi connectivity index (χ1n) is 9.16. The largest absolute Gasteiger partial charge is 0.394 e. The third-order valence-electron chi connectivity index (χ3n) is 4.76. The Labute approximate surface area is 151 Å². The van der Waals surface area contributed by atoms with Crippen molar-refractivity contribution in [2.75, 3.05) is 6.61 Å². The molecule has 2 N–H and O–H groups in total. The predicted molar refractivity (Wildman–Crippen MR) is 103 cm³/mol. The van der Waals surface area contributed by atoms with Crippen LogP contribution in [0.15, 0.2) is 60.7 Å². The van der Waals surface area contributed by atoms with Crippen LogP contribution in [-0.4, -0.2) is 33.9 Å². The highest BCUT2D eigenvalue weighted by Gasteiger charge is 2.30. The molecule has 0 saturated heterocycles. The van der Waals surface area contributed by atoms with Crippen LogP contribution in [0, 0.1) is 5.92 Å². The van der Waals surface area contributed by atoms with Gasteiger partial charge >= 0.3 is 0 Å². The van der Waals surface area contributed by atoms with Gasteiger partial charge in [0.15, 0.2) is 0 Å². The molecule has 0 unspecified atom stereocenters. The maximum absolute atomic E-state index is 10.5. The summed E-state index contributed by atoms with van der Waals surface area (Å²) in [6, 6.07) is 20.7. The van der Waals surface area contributed by atoms with E-state index in [0.717, 1.165) is 13.0 Å². The number of benzene rings is 2. The van der Waals surface area contributed by atoms with E-state index in [1.54, 1.807) is 0 Å². The molecule has 0 spiro atoms. The van der Waals surface area contributed by atoms with E-state index in [0.29, 0.717) is 5.92 Å². The summed E-state index contributed by atoms with van der Waals surface area (Å²) in [6.07, 6.45) is 0.0865. The van der Waals surface area contributed by atoms with E-state index in [1.807, 2.05) is 36.4 Å². The fourth-order valence-electron chi connectivity index (χ4n) is 3.38. The molecule has 0 heterocycles. The van der Waals surface area contributed by atoms with E-state index in [2.05, 4.69) is 49.9 Å². The summed E-state index contributed by atoms with van der Waals surface area (Å²) in [5, 5.41) is 20.1. The summed E-state index contributed by atoms with van der Waals surface area (Å²) >= 11 is 0. The van der Waals surface area contributed by atoms with Crippen molar-refractivity contribution < 1.29 is 10.2 Å². The van der Waals surface area contributed by atoms with Gasteiger partial charge in [0.1, 0.15) is 0 Å². The van der Waals surface area contributed by atoms with Crippen LogP contribution in [0.2, 0.25) is 0 Å². The van der Waals surface area contributed by atoms with Gasteiger partial charge in [-0.2, -0.15) is 0 Å². The molecule has 25 heavy (non-hydrogen) atoms. The maximum Gasteiger partial charge on any atom is 0.0926 e. The second-order valence-electron chi connectivity index (χ2n) is 7.19. The van der Waals surface area contributed by atoms with Crippen LogP contribution < -0.4 is 0 Å². The Bertz CT molecular complexity index is 600. The number of aliphatic hydroxyl groups excluding tert-OH is 2. The Kier molecular flexibility index (Phi) is 7.63. The average Bonchev–Trinajstić information content (AvgIpc) is 2.64. The standard InChI is InChI=1S/C22H31NO2/c1-17(2)14-21(22(25)16-24)23(15-19-10-6-4-7-11-19)18(3)20-12-8-5-9-13-20/h4-13,17-18,21-22,24-25H,14-16H2,1-3H3/t18-,21-,22+/m1/s1. The van der Waals surface area contributed by atoms with Gasteiger partial charge in [-0.05, 0) is 30.4 Å². The van der Waals surface area contributed by atoms with Crippen LogP contribution in [0.4, 0.5) is 0 Å². The molecule has 0 saturated carbocycles. The predicted octanol–water partition coefficient (Wildman–Crippen LogP) is 4.02. The molecule has 2 rings (SSSR count). The number of rotatable bonds is 9. The molecule has 2 aromatic rings. The number of hydrogen-bond donors (Lipinski definition) is 2. The first-order chi connectivity index (χ1) is 12.0. The molecule has 0 aliphatic rings. The van der Waals surface area contributed by atoms with E-state index >= 15 is 0 Å². The van der Waals surface area contributed by atoms with Crippen molar-refractivity contribution in [3.8, 4) is 0 Å². The molecule has 0 bridgehead atoms. The highest BCUT2D eigenvalue weighted by atomic mass is 16.3. The minimum absolute atomic E-state index is 0.0968. The van der Waals surface area contributed by atoms with E-state index in [4.69, 9.17) is 0 Å². The lowest BCUT2D eigenvalue weighted by atomic mass is 9.94. The van der Waals surface area contributed by atoms with Crippen molar-refractivity contribution >= 4 is 0 Å². The minimum atomic E-state index is -0.753. The van der Waals surface area contributed by atoms with Gasteiger partial charge in [0, 0.05) is 18.6 Å². The van der Waals surface area contributed by atoms with E-state index in [9.17, 15) is 10.2 Å². The molecule has 3 atom stereocenters. The molecule has 0 aliphatic heterocycles. The molecule has 3 heteroatoms. The molecule has 0 radical (unpaired) electrons. The fraction of sp³-hybridized carbons (Fsp3) is 0.455. The van der Waals surface area contributed by atoms with Crippen LogP contribution in [0.3, 0.4) is 0 Å². The average molecular weight is 341 g/mol. The lowest BCUT2D eigenvalue weighted by molar-refractivity contribution is -0.0172. The van der Waals surface area contributed by atoms with Gasteiger partial charge in [0.25, 0.3) is 0 Å². The Morgan fingerprint density at radius 1 is 0.880 bits per heavy atom. The van der Waals surface area contributed by atoms with Crippen LogP contribution in [0.1, 0.15) is 44.4 Å². The van der Waals surface area contributed by atoms with Crippen LogP contribution in [-0.2, 0) is 6.54 Å². The van der Waals surface area contributed by atoms with Crippen molar-refractivity contribution in [1.82, 2.24) is 4.90 Å². The Hall–Kier alpha value is -1.68. The highest BCUT2D eigenvalue weighted by Crippen LogP contribution is 2.29. The zero-order chi connectivity index (χ0) is 18.2. The van der Waals surface area contributed by atoms with Gasteiger partial charge in [-0.1, -0.05) is 74.5 Å². The van der Waals surface area contributed by atoms with Gasteiger partial charge in [-0.25, -0.2) is 0 Å². The first-order valence-corrected chi connectivity index (χ1v) is 9.16. The van der Waals surface area contributed by atoms with Crippen molar-refractivity contribution in [2.24, 2.45) is 5.92 Å². The second kappa shape index (κ2) is 9.71. The summed E-state index contributed by atoms with van der Waals surface area (Å²) in [4.78, 5) is 2.32. The number of hydrogen-bond acceptors (Lipinski definition) is 3. The molecular weight excluding hydrogens is 310 g/mol. The highest BCUT2D eigenvalue weighted by molar-refractivity contribution is 5.20. The molecule has 0 aliphatic carbocycles. The summed E-state index contributed by atoms with van der Waals surface area (Å²) in [5.74, 6) is 0.437. The van der Waals surface area contributed by atoms with Gasteiger partial charge in [0.2, 0.25) is 0 Å². The molecule has 0 fully saturated rings. The van der Waals surface area contributed by atoms with Gasteiger partial charge in [-0.15, -0.1) is 0 Å². The van der Waals surface area contributed by atoms with Gasteiger partial charge in [-0.3, -0.25) is 4.90 Å². The second-order valence-corrected chi connectivity index (χ2v) is 7.19. The Balaban J connectivity index is 2.34. The van der Waals surface area contributed by atoms with Crippen LogP contribution >= 0.6 is 0 Å². The number of nitrogens with zero attached hydrogens (tertiary/aromatic N) is 1. The topological polar surface area (TPSA) is 43.7 Å². The molecule has 136 valence electrons. The van der Waals surface area contributed by atoms with Gasteiger partial charge in [0.05, 0.1) is 12.7 Å².